The highest BCUT2D eigenvalue weighted by molar-refractivity contribution is 7.11. The molecule has 1 aromatic heterocycles. The zero-order chi connectivity index (χ0) is 15.3. The molecule has 1 atom stereocenters. The van der Waals surface area contributed by atoms with E-state index in [4.69, 9.17) is 15.3 Å². The molecule has 0 saturated heterocycles. The smallest absolute Gasteiger partial charge is 0.271 e. The first kappa shape index (κ1) is 16.1. The molecule has 1 unspecified atom stereocenters. The molecular weight excluding hydrogens is 281 g/mol. The van der Waals surface area contributed by atoms with Crippen LogP contribution in [0.15, 0.2) is 30.3 Å². The standard InChI is InChI=1S/C13H16NOS.NO3/c1-9-10(2)16-13(14(9)3)12(15)11-7-5-4-6-8-11;2-1(3)4/h4-8,12,15H,1-3H3;/q+1;-1/i13+1;. The molecule has 0 aliphatic heterocycles. The van der Waals surface area contributed by atoms with Crippen molar-refractivity contribution in [1.29, 1.82) is 0 Å². The summed E-state index contributed by atoms with van der Waals surface area (Å²) < 4.78 is 2.07. The zero-order valence-electron chi connectivity index (χ0n) is 11.4. The van der Waals surface area contributed by atoms with Crippen LogP contribution >= 0.6 is 11.3 Å². The Morgan fingerprint density at radius 3 is 2.15 bits per heavy atom. The maximum Gasteiger partial charge on any atom is 0.271 e. The summed E-state index contributed by atoms with van der Waals surface area (Å²) in [6.45, 7) is 4.16. The van der Waals surface area contributed by atoms with E-state index in [1.807, 2.05) is 37.4 Å². The van der Waals surface area contributed by atoms with Crippen LogP contribution in [-0.2, 0) is 7.05 Å². The van der Waals surface area contributed by atoms with E-state index in [0.717, 1.165) is 10.6 Å². The number of aliphatic hydroxyl groups excluding tert-OH is 1. The van der Waals surface area contributed by atoms with Crippen molar-refractivity contribution in [2.75, 3.05) is 0 Å². The van der Waals surface area contributed by atoms with E-state index in [9.17, 15) is 5.11 Å². The van der Waals surface area contributed by atoms with Crippen molar-refractivity contribution in [3.63, 3.8) is 0 Å². The molecule has 0 spiro atoms. The second-order valence-electron chi connectivity index (χ2n) is 4.18. The second kappa shape index (κ2) is 6.97. The van der Waals surface area contributed by atoms with Gasteiger partial charge in [-0.05, 0) is 12.5 Å². The maximum absolute atomic E-state index is 10.3. The third-order valence-electron chi connectivity index (χ3n) is 2.95. The van der Waals surface area contributed by atoms with E-state index in [-0.39, 0.29) is 0 Å². The molecule has 1 N–H and O–H groups in total. The molecule has 0 amide bonds. The van der Waals surface area contributed by atoms with Crippen molar-refractivity contribution >= 4 is 11.3 Å². The quantitative estimate of drug-likeness (QED) is 0.521. The Hall–Kier alpha value is -1.99. The number of nitrogens with zero attached hydrogens (tertiary/aromatic N) is 2. The summed E-state index contributed by atoms with van der Waals surface area (Å²) in [6, 6.07) is 9.77. The summed E-state index contributed by atoms with van der Waals surface area (Å²) in [5.41, 5.74) is 2.16. The van der Waals surface area contributed by atoms with Crippen LogP contribution < -0.4 is 4.57 Å². The Morgan fingerprint density at radius 2 is 1.75 bits per heavy atom. The minimum Gasteiger partial charge on any atom is -0.377 e. The normalized spacial score (nSPS) is 11.4. The minimum absolute atomic E-state index is 0.524. The Bertz CT molecular complexity index is 580. The van der Waals surface area contributed by atoms with Crippen LogP contribution in [0.2, 0.25) is 0 Å². The molecule has 0 aliphatic rings. The number of aryl methyl sites for hydroxylation is 1. The molecule has 1 heterocycles. The first-order valence-electron chi connectivity index (χ1n) is 5.85. The zero-order valence-corrected chi connectivity index (χ0v) is 12.3. The van der Waals surface area contributed by atoms with Gasteiger partial charge in [0, 0.05) is 6.92 Å². The summed E-state index contributed by atoms with van der Waals surface area (Å²) in [6.07, 6.45) is -0.524. The van der Waals surface area contributed by atoms with Gasteiger partial charge < -0.3 is 20.4 Å². The Kier molecular flexibility index (Phi) is 5.60. The topological polar surface area (TPSA) is 90.3 Å². The molecule has 0 radical (unpaired) electrons. The number of aromatic nitrogens is 1. The van der Waals surface area contributed by atoms with Crippen LogP contribution in [-0.4, -0.2) is 10.2 Å². The maximum atomic E-state index is 10.3. The Balaban J connectivity index is 0.000000444. The molecule has 0 fully saturated rings. The fourth-order valence-corrected chi connectivity index (χ4v) is 2.84. The van der Waals surface area contributed by atoms with E-state index in [0.29, 0.717) is 0 Å². The van der Waals surface area contributed by atoms with E-state index >= 15 is 0 Å². The van der Waals surface area contributed by atoms with E-state index in [1.165, 1.54) is 10.6 Å². The lowest BCUT2D eigenvalue weighted by Gasteiger charge is -2.05. The monoisotopic (exact) mass is 297 g/mol. The van der Waals surface area contributed by atoms with Gasteiger partial charge in [-0.25, -0.2) is 0 Å². The lowest BCUT2D eigenvalue weighted by Crippen LogP contribution is -2.35. The van der Waals surface area contributed by atoms with Crippen molar-refractivity contribution in [2.45, 2.75) is 20.0 Å². The van der Waals surface area contributed by atoms with Gasteiger partial charge in [-0.15, -0.1) is 0 Å². The number of rotatable bonds is 2. The number of thiazole rings is 1. The first-order chi connectivity index (χ1) is 9.34. The van der Waals surface area contributed by atoms with E-state index in [2.05, 4.69) is 18.4 Å². The summed E-state index contributed by atoms with van der Waals surface area (Å²) in [5, 5.41) is 26.0. The molecule has 1 aromatic carbocycles. The van der Waals surface area contributed by atoms with Gasteiger partial charge in [-0.1, -0.05) is 41.7 Å². The van der Waals surface area contributed by atoms with Crippen molar-refractivity contribution in [2.24, 2.45) is 7.05 Å². The highest BCUT2D eigenvalue weighted by atomic mass is 32.1. The summed E-state index contributed by atoms with van der Waals surface area (Å²) >= 11 is 1.66. The van der Waals surface area contributed by atoms with Crippen LogP contribution in [0.4, 0.5) is 0 Å². The summed E-state index contributed by atoms with van der Waals surface area (Å²) in [4.78, 5) is 9.51. The van der Waals surface area contributed by atoms with Gasteiger partial charge in [0.2, 0.25) is 0 Å². The van der Waals surface area contributed by atoms with Gasteiger partial charge in [0.1, 0.15) is 7.05 Å². The van der Waals surface area contributed by atoms with E-state index < -0.39 is 11.2 Å². The molecule has 7 heteroatoms. The predicted molar refractivity (Wildman–Crippen MR) is 75.8 cm³/mol. The Labute approximate surface area is 120 Å². The lowest BCUT2D eigenvalue weighted by atomic mass is 10.2. The highest BCUT2D eigenvalue weighted by Gasteiger charge is 2.25. The molecule has 2 aromatic rings. The van der Waals surface area contributed by atoms with Crippen LogP contribution in [0, 0.1) is 29.2 Å². The Morgan fingerprint density at radius 1 is 1.25 bits per heavy atom. The highest BCUT2D eigenvalue weighted by Crippen LogP contribution is 2.25. The molecule has 0 saturated carbocycles. The van der Waals surface area contributed by atoms with Gasteiger partial charge in [-0.2, -0.15) is 4.57 Å². The largest absolute Gasteiger partial charge is 0.377 e. The fourth-order valence-electron chi connectivity index (χ4n) is 1.72. The van der Waals surface area contributed by atoms with Gasteiger partial charge >= 0.3 is 0 Å². The van der Waals surface area contributed by atoms with Gasteiger partial charge in [0.05, 0.1) is 9.96 Å². The van der Waals surface area contributed by atoms with Crippen molar-refractivity contribution in [3.8, 4) is 0 Å². The third kappa shape index (κ3) is 4.01. The average Bonchev–Trinajstić information content (AvgIpc) is 2.66. The second-order valence-corrected chi connectivity index (χ2v) is 5.41. The fraction of sp³-hybridized carbons (Fsp3) is 0.308. The number of hydrogen-bond acceptors (Lipinski definition) is 5. The molecule has 20 heavy (non-hydrogen) atoms. The van der Waals surface area contributed by atoms with Crippen LogP contribution in [0.5, 0.6) is 0 Å². The number of benzene rings is 1. The first-order valence-corrected chi connectivity index (χ1v) is 6.66. The van der Waals surface area contributed by atoms with E-state index in [1.54, 1.807) is 11.3 Å². The van der Waals surface area contributed by atoms with Gasteiger partial charge in [0.15, 0.2) is 11.8 Å². The number of aliphatic hydroxyl groups is 1. The molecule has 108 valence electrons. The van der Waals surface area contributed by atoms with Gasteiger partial charge in [0.25, 0.3) is 5.01 Å². The predicted octanol–water partition coefficient (Wildman–Crippen LogP) is 2.03. The van der Waals surface area contributed by atoms with Crippen molar-refractivity contribution < 1.29 is 14.8 Å². The number of hydrogen-bond donors (Lipinski definition) is 1. The third-order valence-corrected chi connectivity index (χ3v) is 4.26. The van der Waals surface area contributed by atoms with Crippen LogP contribution in [0.1, 0.15) is 27.2 Å². The SMILES string of the molecule is Cc1s[13c](C(O)c2ccccc2)[n+](C)c1C.O=[N+]([O-])[O-]. The molecule has 6 nitrogen and oxygen atoms in total. The average molecular weight is 297 g/mol. The van der Waals surface area contributed by atoms with Crippen molar-refractivity contribution in [3.05, 3.63) is 66.8 Å². The summed E-state index contributed by atoms with van der Waals surface area (Å²) in [7, 11) is 2.00. The summed E-state index contributed by atoms with van der Waals surface area (Å²) in [5.74, 6) is 0. The molecular formula is C13H16N2O4S. The minimum atomic E-state index is -1.75. The lowest BCUT2D eigenvalue weighted by molar-refractivity contribution is -0.683. The van der Waals surface area contributed by atoms with Crippen molar-refractivity contribution in [1.82, 2.24) is 0 Å². The molecule has 0 bridgehead atoms. The van der Waals surface area contributed by atoms with Gasteiger partial charge in [-0.3, -0.25) is 0 Å². The van der Waals surface area contributed by atoms with Crippen LogP contribution in [0.25, 0.3) is 0 Å². The van der Waals surface area contributed by atoms with Crippen LogP contribution in [0.3, 0.4) is 0 Å². The molecule has 0 aliphatic carbocycles. The molecule has 2 rings (SSSR count).